The van der Waals surface area contributed by atoms with Crippen molar-refractivity contribution in [2.24, 2.45) is 5.41 Å². The first-order valence-corrected chi connectivity index (χ1v) is 5.71. The maximum absolute atomic E-state index is 11.2. The summed E-state index contributed by atoms with van der Waals surface area (Å²) in [6, 6.07) is 0. The van der Waals surface area contributed by atoms with E-state index in [1.165, 1.54) is 6.08 Å². The van der Waals surface area contributed by atoms with Crippen molar-refractivity contribution in [1.82, 2.24) is 5.32 Å². The highest BCUT2D eigenvalue weighted by molar-refractivity contribution is 5.87. The number of carbonyl (C=O) groups is 1. The van der Waals surface area contributed by atoms with Gasteiger partial charge in [-0.1, -0.05) is 41.2 Å². The molecule has 1 amide bonds. The molecule has 0 fully saturated rings. The van der Waals surface area contributed by atoms with Crippen molar-refractivity contribution < 1.29 is 4.79 Å². The van der Waals surface area contributed by atoms with Gasteiger partial charge in [0, 0.05) is 5.54 Å². The van der Waals surface area contributed by atoms with Crippen LogP contribution < -0.4 is 5.32 Å². The van der Waals surface area contributed by atoms with Gasteiger partial charge in [0.25, 0.3) is 0 Å². The van der Waals surface area contributed by atoms with Crippen LogP contribution in [-0.2, 0) is 4.79 Å². The Labute approximate surface area is 95.1 Å². The normalized spacial score (nSPS) is 11.1. The van der Waals surface area contributed by atoms with E-state index in [0.717, 1.165) is 6.42 Å². The van der Waals surface area contributed by atoms with E-state index in [9.17, 15) is 4.79 Å². The maximum Gasteiger partial charge on any atom is 0.243 e. The summed E-state index contributed by atoms with van der Waals surface area (Å²) in [4.78, 5) is 11.2. The number of hydrogen-bond donors (Lipinski definition) is 1. The zero-order valence-electron chi connectivity index (χ0n) is 11.4. The maximum atomic E-state index is 11.2. The number of amides is 1. The second-order valence-electron chi connectivity index (χ2n) is 4.56. The van der Waals surface area contributed by atoms with Gasteiger partial charge in [0.2, 0.25) is 5.91 Å². The fraction of sp³-hybridized carbons (Fsp3) is 0.769. The summed E-state index contributed by atoms with van der Waals surface area (Å²) in [5.74, 6) is -0.105. The van der Waals surface area contributed by atoms with Crippen molar-refractivity contribution in [2.75, 3.05) is 0 Å². The van der Waals surface area contributed by atoms with E-state index >= 15 is 0 Å². The Morgan fingerprint density at radius 3 is 1.93 bits per heavy atom. The molecular weight excluding hydrogens is 186 g/mol. The van der Waals surface area contributed by atoms with Gasteiger partial charge in [-0.25, -0.2) is 0 Å². The molecule has 2 nitrogen and oxygen atoms in total. The summed E-state index contributed by atoms with van der Waals surface area (Å²) in [5, 5.41) is 2.94. The van der Waals surface area contributed by atoms with Gasteiger partial charge < -0.3 is 5.32 Å². The molecule has 0 bridgehead atoms. The quantitative estimate of drug-likeness (QED) is 0.711. The summed E-state index contributed by atoms with van der Waals surface area (Å²) in [5.41, 5.74) is -0.112. The van der Waals surface area contributed by atoms with E-state index in [1.807, 2.05) is 27.7 Å². The molecule has 0 aliphatic carbocycles. The van der Waals surface area contributed by atoms with Gasteiger partial charge in [-0.05, 0) is 31.8 Å². The smallest absolute Gasteiger partial charge is 0.243 e. The molecular formula is C13H27NO. The van der Waals surface area contributed by atoms with Crippen molar-refractivity contribution in [3.8, 4) is 0 Å². The summed E-state index contributed by atoms with van der Waals surface area (Å²) < 4.78 is 0. The third kappa shape index (κ3) is 5.01. The lowest BCUT2D eigenvalue weighted by molar-refractivity contribution is -0.119. The fourth-order valence-electron chi connectivity index (χ4n) is 0.970. The molecule has 0 radical (unpaired) electrons. The SMILES string of the molecule is C=CC(=O)NC(C)(C)C(C)(C)CC.CC. The zero-order valence-corrected chi connectivity index (χ0v) is 11.4. The molecule has 0 aliphatic heterocycles. The summed E-state index contributed by atoms with van der Waals surface area (Å²) >= 11 is 0. The van der Waals surface area contributed by atoms with Crippen LogP contribution in [0.25, 0.3) is 0 Å². The molecule has 15 heavy (non-hydrogen) atoms. The van der Waals surface area contributed by atoms with Crippen LogP contribution in [0, 0.1) is 5.41 Å². The minimum atomic E-state index is -0.201. The van der Waals surface area contributed by atoms with Crippen LogP contribution >= 0.6 is 0 Å². The van der Waals surface area contributed by atoms with Crippen LogP contribution in [0.3, 0.4) is 0 Å². The van der Waals surface area contributed by atoms with Crippen molar-refractivity contribution in [3.63, 3.8) is 0 Å². The Bertz CT molecular complexity index is 205. The second-order valence-corrected chi connectivity index (χ2v) is 4.56. The molecule has 2 heteroatoms. The molecule has 0 unspecified atom stereocenters. The van der Waals surface area contributed by atoms with Gasteiger partial charge in [0.1, 0.15) is 0 Å². The largest absolute Gasteiger partial charge is 0.347 e. The second kappa shape index (κ2) is 6.65. The molecule has 0 heterocycles. The number of nitrogens with one attached hydrogen (secondary N) is 1. The van der Waals surface area contributed by atoms with E-state index in [-0.39, 0.29) is 16.9 Å². The predicted molar refractivity (Wildman–Crippen MR) is 67.8 cm³/mol. The summed E-state index contributed by atoms with van der Waals surface area (Å²) in [7, 11) is 0. The molecule has 0 atom stereocenters. The number of carbonyl (C=O) groups excluding carboxylic acids is 1. The third-order valence-electron chi connectivity index (χ3n) is 3.20. The van der Waals surface area contributed by atoms with Crippen molar-refractivity contribution >= 4 is 5.91 Å². The highest BCUT2D eigenvalue weighted by Gasteiger charge is 2.35. The van der Waals surface area contributed by atoms with Gasteiger partial charge in [-0.15, -0.1) is 0 Å². The van der Waals surface area contributed by atoms with Crippen LogP contribution in [0.2, 0.25) is 0 Å². The molecule has 0 aromatic carbocycles. The topological polar surface area (TPSA) is 29.1 Å². The minimum absolute atomic E-state index is 0.0890. The average Bonchev–Trinajstić information content (AvgIpc) is 2.19. The molecule has 0 spiro atoms. The van der Waals surface area contributed by atoms with Crippen molar-refractivity contribution in [2.45, 2.75) is 60.4 Å². The van der Waals surface area contributed by atoms with E-state index in [2.05, 4.69) is 32.7 Å². The lowest BCUT2D eigenvalue weighted by Crippen LogP contribution is -2.53. The van der Waals surface area contributed by atoms with Gasteiger partial charge in [-0.2, -0.15) is 0 Å². The van der Waals surface area contributed by atoms with E-state index in [4.69, 9.17) is 0 Å². The Kier molecular flexibility index (Phi) is 7.37. The lowest BCUT2D eigenvalue weighted by Gasteiger charge is -2.41. The first kappa shape index (κ1) is 16.6. The first-order valence-electron chi connectivity index (χ1n) is 5.71. The van der Waals surface area contributed by atoms with E-state index < -0.39 is 0 Å². The first-order chi connectivity index (χ1) is 6.77. The van der Waals surface area contributed by atoms with Gasteiger partial charge >= 0.3 is 0 Å². The molecule has 0 aliphatic rings. The number of rotatable bonds is 4. The Morgan fingerprint density at radius 2 is 1.67 bits per heavy atom. The molecule has 90 valence electrons. The van der Waals surface area contributed by atoms with Crippen LogP contribution in [0.1, 0.15) is 54.9 Å². The molecule has 1 N–H and O–H groups in total. The molecule has 0 saturated heterocycles. The number of hydrogen-bond acceptors (Lipinski definition) is 1. The van der Waals surface area contributed by atoms with Gasteiger partial charge in [-0.3, -0.25) is 4.79 Å². The summed E-state index contributed by atoms with van der Waals surface area (Å²) in [6.45, 7) is 17.9. The molecule has 0 aromatic rings. The highest BCUT2D eigenvalue weighted by atomic mass is 16.1. The Morgan fingerprint density at radius 1 is 1.27 bits per heavy atom. The zero-order chi connectivity index (χ0) is 12.7. The highest BCUT2D eigenvalue weighted by Crippen LogP contribution is 2.33. The molecule has 0 saturated carbocycles. The minimum Gasteiger partial charge on any atom is -0.347 e. The standard InChI is InChI=1S/C11H21NO.C2H6/c1-7-9(13)12-11(5,6)10(3,4)8-2;1-2/h7H,1,8H2,2-6H3,(H,12,13);1-2H3. The van der Waals surface area contributed by atoms with E-state index in [0.29, 0.717) is 0 Å². The average molecular weight is 213 g/mol. The molecule has 0 aromatic heterocycles. The van der Waals surface area contributed by atoms with Crippen LogP contribution in [0.15, 0.2) is 12.7 Å². The van der Waals surface area contributed by atoms with Gasteiger partial charge in [0.05, 0.1) is 0 Å². The van der Waals surface area contributed by atoms with Crippen molar-refractivity contribution in [1.29, 1.82) is 0 Å². The Balaban J connectivity index is 0. The van der Waals surface area contributed by atoms with Crippen LogP contribution in [0.5, 0.6) is 0 Å². The van der Waals surface area contributed by atoms with Crippen LogP contribution in [-0.4, -0.2) is 11.4 Å². The Hall–Kier alpha value is -0.790. The third-order valence-corrected chi connectivity index (χ3v) is 3.20. The molecule has 0 rings (SSSR count). The summed E-state index contributed by atoms with van der Waals surface area (Å²) in [6.07, 6.45) is 2.34. The van der Waals surface area contributed by atoms with E-state index in [1.54, 1.807) is 0 Å². The fourth-order valence-corrected chi connectivity index (χ4v) is 0.970. The van der Waals surface area contributed by atoms with Crippen molar-refractivity contribution in [3.05, 3.63) is 12.7 Å². The van der Waals surface area contributed by atoms with Crippen LogP contribution in [0.4, 0.5) is 0 Å². The lowest BCUT2D eigenvalue weighted by atomic mass is 9.72. The van der Waals surface area contributed by atoms with Gasteiger partial charge in [0.15, 0.2) is 0 Å². The predicted octanol–water partition coefficient (Wildman–Crippen LogP) is 3.53. The monoisotopic (exact) mass is 213 g/mol.